The number of nitrogens with zero attached hydrogens (tertiary/aromatic N) is 1. The van der Waals surface area contributed by atoms with Gasteiger partial charge in [-0.25, -0.2) is 13.6 Å². The molecule has 1 amide bonds. The number of benzene rings is 2. The van der Waals surface area contributed by atoms with Crippen LogP contribution < -0.4 is 0 Å². The molecule has 1 N–H and O–H groups in total. The number of amides is 1. The smallest absolute Gasteiger partial charge is 0.335 e. The van der Waals surface area contributed by atoms with Gasteiger partial charge in [-0.15, -0.1) is 0 Å². The van der Waals surface area contributed by atoms with E-state index in [1.54, 1.807) is 23.1 Å². The fourth-order valence-corrected chi connectivity index (χ4v) is 3.04. The Hall–Kier alpha value is -2.76. The van der Waals surface area contributed by atoms with Crippen molar-refractivity contribution in [3.63, 3.8) is 0 Å². The molecule has 1 aliphatic heterocycles. The van der Waals surface area contributed by atoms with E-state index in [4.69, 9.17) is 5.11 Å². The van der Waals surface area contributed by atoms with Gasteiger partial charge in [-0.1, -0.05) is 18.2 Å². The number of rotatable bonds is 4. The van der Waals surface area contributed by atoms with Crippen LogP contribution >= 0.6 is 0 Å². The molecule has 2 aromatic carbocycles. The van der Waals surface area contributed by atoms with Gasteiger partial charge in [0, 0.05) is 19.5 Å². The Morgan fingerprint density at radius 2 is 1.92 bits per heavy atom. The van der Waals surface area contributed by atoms with Crippen molar-refractivity contribution < 1.29 is 23.5 Å². The van der Waals surface area contributed by atoms with Gasteiger partial charge in [0.25, 0.3) is 0 Å². The monoisotopic (exact) mass is 345 g/mol. The van der Waals surface area contributed by atoms with Crippen LogP contribution in [0.3, 0.4) is 0 Å². The van der Waals surface area contributed by atoms with E-state index in [1.807, 2.05) is 0 Å². The first-order chi connectivity index (χ1) is 12.0. The van der Waals surface area contributed by atoms with Crippen LogP contribution in [-0.2, 0) is 24.2 Å². The molecule has 0 saturated heterocycles. The summed E-state index contributed by atoms with van der Waals surface area (Å²) in [5.41, 5.74) is 2.22. The van der Waals surface area contributed by atoms with Gasteiger partial charge in [0.1, 0.15) is 0 Å². The molecule has 0 fully saturated rings. The zero-order valence-electron chi connectivity index (χ0n) is 13.5. The number of fused-ring (bicyclic) bond motifs is 1. The molecule has 0 radical (unpaired) electrons. The molecule has 6 heteroatoms. The van der Waals surface area contributed by atoms with E-state index in [2.05, 4.69) is 0 Å². The Morgan fingerprint density at radius 3 is 2.68 bits per heavy atom. The van der Waals surface area contributed by atoms with Gasteiger partial charge in [-0.3, -0.25) is 4.79 Å². The first-order valence-corrected chi connectivity index (χ1v) is 8.01. The quantitative estimate of drug-likeness (QED) is 0.926. The summed E-state index contributed by atoms with van der Waals surface area (Å²) < 4.78 is 26.9. The van der Waals surface area contributed by atoms with Crippen molar-refractivity contribution in [2.75, 3.05) is 6.54 Å². The molecule has 0 aliphatic carbocycles. The van der Waals surface area contributed by atoms with Crippen molar-refractivity contribution in [2.45, 2.75) is 25.8 Å². The predicted octanol–water partition coefficient (Wildman–Crippen LogP) is 3.18. The maximum Gasteiger partial charge on any atom is 0.335 e. The molecule has 3 rings (SSSR count). The van der Waals surface area contributed by atoms with Crippen LogP contribution in [0.5, 0.6) is 0 Å². The summed E-state index contributed by atoms with van der Waals surface area (Å²) in [7, 11) is 0. The molecule has 25 heavy (non-hydrogen) atoms. The second-order valence-corrected chi connectivity index (χ2v) is 6.07. The fraction of sp³-hybridized carbons (Fsp3) is 0.263. The molecule has 0 spiro atoms. The van der Waals surface area contributed by atoms with Crippen LogP contribution in [0, 0.1) is 11.6 Å². The Morgan fingerprint density at radius 1 is 1.12 bits per heavy atom. The van der Waals surface area contributed by atoms with Crippen LogP contribution in [0.15, 0.2) is 36.4 Å². The molecule has 0 unspecified atom stereocenters. The highest BCUT2D eigenvalue weighted by atomic mass is 19.2. The van der Waals surface area contributed by atoms with E-state index in [1.165, 1.54) is 12.1 Å². The fourth-order valence-electron chi connectivity index (χ4n) is 3.04. The molecular weight excluding hydrogens is 328 g/mol. The van der Waals surface area contributed by atoms with Crippen molar-refractivity contribution >= 4 is 11.9 Å². The predicted molar refractivity (Wildman–Crippen MR) is 87.2 cm³/mol. The summed E-state index contributed by atoms with van der Waals surface area (Å²) in [5.74, 6) is -2.99. The summed E-state index contributed by atoms with van der Waals surface area (Å²) in [4.78, 5) is 25.1. The zero-order valence-corrected chi connectivity index (χ0v) is 13.5. The van der Waals surface area contributed by atoms with E-state index in [-0.39, 0.29) is 29.9 Å². The Balaban J connectivity index is 1.67. The maximum atomic E-state index is 13.7. The molecule has 0 saturated carbocycles. The topological polar surface area (TPSA) is 57.6 Å². The van der Waals surface area contributed by atoms with Crippen molar-refractivity contribution in [1.82, 2.24) is 4.90 Å². The number of halogens is 2. The summed E-state index contributed by atoms with van der Waals surface area (Å²) in [5, 5.41) is 9.07. The van der Waals surface area contributed by atoms with Crippen molar-refractivity contribution in [2.24, 2.45) is 0 Å². The van der Waals surface area contributed by atoms with Gasteiger partial charge in [-0.05, 0) is 47.7 Å². The van der Waals surface area contributed by atoms with Crippen molar-refractivity contribution in [1.29, 1.82) is 0 Å². The van der Waals surface area contributed by atoms with E-state index < -0.39 is 17.6 Å². The van der Waals surface area contributed by atoms with Crippen molar-refractivity contribution in [3.8, 4) is 0 Å². The van der Waals surface area contributed by atoms with Gasteiger partial charge >= 0.3 is 5.97 Å². The third kappa shape index (κ3) is 3.68. The van der Waals surface area contributed by atoms with Gasteiger partial charge in [-0.2, -0.15) is 0 Å². The third-order valence-electron chi connectivity index (χ3n) is 4.46. The van der Waals surface area contributed by atoms with E-state index in [0.29, 0.717) is 19.5 Å². The van der Waals surface area contributed by atoms with Crippen LogP contribution in [0.4, 0.5) is 8.78 Å². The first kappa shape index (κ1) is 17.1. The number of hydrogen-bond acceptors (Lipinski definition) is 2. The highest BCUT2D eigenvalue weighted by Crippen LogP contribution is 2.22. The molecule has 1 heterocycles. The Kier molecular flexibility index (Phi) is 4.79. The highest BCUT2D eigenvalue weighted by Gasteiger charge is 2.22. The lowest BCUT2D eigenvalue weighted by molar-refractivity contribution is -0.132. The number of aromatic carboxylic acids is 1. The second kappa shape index (κ2) is 7.01. The summed E-state index contributed by atoms with van der Waals surface area (Å²) in [6.45, 7) is 0.866. The summed E-state index contributed by atoms with van der Waals surface area (Å²) in [6.07, 6.45) is 0.852. The molecule has 1 aliphatic rings. The molecule has 0 aromatic heterocycles. The minimum atomic E-state index is -1.01. The normalized spacial score (nSPS) is 13.4. The van der Waals surface area contributed by atoms with Crippen LogP contribution in [0.2, 0.25) is 0 Å². The second-order valence-electron chi connectivity index (χ2n) is 6.07. The number of carboxylic acids is 1. The van der Waals surface area contributed by atoms with Gasteiger partial charge in [0.05, 0.1) is 5.56 Å². The lowest BCUT2D eigenvalue weighted by Crippen LogP contribution is -2.36. The number of hydrogen-bond donors (Lipinski definition) is 1. The van der Waals surface area contributed by atoms with Crippen LogP contribution in [0.1, 0.15) is 33.5 Å². The Bertz CT molecular complexity index is 835. The highest BCUT2D eigenvalue weighted by molar-refractivity contribution is 5.88. The Labute approximate surface area is 143 Å². The van der Waals surface area contributed by atoms with Crippen LogP contribution in [0.25, 0.3) is 0 Å². The average molecular weight is 345 g/mol. The summed E-state index contributed by atoms with van der Waals surface area (Å²) >= 11 is 0. The minimum Gasteiger partial charge on any atom is -0.478 e. The maximum absolute atomic E-state index is 13.7. The van der Waals surface area contributed by atoms with Gasteiger partial charge in [0.15, 0.2) is 11.6 Å². The molecule has 0 bridgehead atoms. The first-order valence-electron chi connectivity index (χ1n) is 8.01. The number of carbonyl (C=O) groups is 2. The van der Waals surface area contributed by atoms with E-state index in [9.17, 15) is 18.4 Å². The lowest BCUT2D eigenvalue weighted by Gasteiger charge is -2.29. The van der Waals surface area contributed by atoms with E-state index in [0.717, 1.165) is 17.2 Å². The molecular formula is C19H17F2NO3. The zero-order chi connectivity index (χ0) is 18.0. The molecule has 2 aromatic rings. The standard InChI is InChI=1S/C19H17F2NO3/c20-16-3-1-2-13(18(16)21)6-7-17(23)22-9-8-12-4-5-14(19(24)25)10-15(12)11-22/h1-5,10H,6-9,11H2,(H,24,25). The molecule has 130 valence electrons. The summed E-state index contributed by atoms with van der Waals surface area (Å²) in [6, 6.07) is 8.86. The number of aryl methyl sites for hydroxylation is 1. The minimum absolute atomic E-state index is 0.0777. The van der Waals surface area contributed by atoms with Gasteiger partial charge < -0.3 is 10.0 Å². The lowest BCUT2D eigenvalue weighted by atomic mass is 9.97. The van der Waals surface area contributed by atoms with E-state index >= 15 is 0 Å². The average Bonchev–Trinajstić information content (AvgIpc) is 2.61. The van der Waals surface area contributed by atoms with Crippen molar-refractivity contribution in [3.05, 3.63) is 70.3 Å². The number of carbonyl (C=O) groups excluding carboxylic acids is 1. The third-order valence-corrected chi connectivity index (χ3v) is 4.46. The number of carboxylic acid groups (broad SMARTS) is 1. The van der Waals surface area contributed by atoms with Crippen LogP contribution in [-0.4, -0.2) is 28.4 Å². The molecule has 4 nitrogen and oxygen atoms in total. The largest absolute Gasteiger partial charge is 0.478 e. The SMILES string of the molecule is O=C(O)c1ccc2c(c1)CN(C(=O)CCc1cccc(F)c1F)CC2. The molecule has 0 atom stereocenters. The van der Waals surface area contributed by atoms with Gasteiger partial charge in [0.2, 0.25) is 5.91 Å².